The predicted molar refractivity (Wildman–Crippen MR) is 71.4 cm³/mol. The summed E-state index contributed by atoms with van der Waals surface area (Å²) in [7, 11) is 0. The molecule has 0 aromatic heterocycles. The topological polar surface area (TPSA) is 49.3 Å². The van der Waals surface area contributed by atoms with Crippen LogP contribution in [0.15, 0.2) is 18.2 Å². The number of carboxylic acids is 1. The van der Waals surface area contributed by atoms with Crippen molar-refractivity contribution in [3.05, 3.63) is 35.4 Å². The van der Waals surface area contributed by atoms with Gasteiger partial charge in [0.05, 0.1) is 0 Å². The van der Waals surface area contributed by atoms with Crippen LogP contribution in [-0.4, -0.2) is 17.1 Å². The number of benzene rings is 1. The molecule has 0 saturated heterocycles. The van der Waals surface area contributed by atoms with Crippen molar-refractivity contribution in [2.75, 3.05) is 0 Å². The lowest BCUT2D eigenvalue weighted by Gasteiger charge is -2.34. The van der Waals surface area contributed by atoms with Gasteiger partial charge in [-0.2, -0.15) is 0 Å². The smallest absolute Gasteiger partial charge is 0.328 e. The third kappa shape index (κ3) is 2.98. The largest absolute Gasteiger partial charge is 0.480 e. The van der Waals surface area contributed by atoms with E-state index in [4.69, 9.17) is 0 Å². The van der Waals surface area contributed by atoms with Gasteiger partial charge in [0.15, 0.2) is 0 Å². The predicted octanol–water partition coefficient (Wildman–Crippen LogP) is 3.19. The first-order valence-corrected chi connectivity index (χ1v) is 6.90. The molecule has 0 heterocycles. The van der Waals surface area contributed by atoms with Gasteiger partial charge in [0, 0.05) is 11.6 Å². The van der Waals surface area contributed by atoms with Crippen LogP contribution in [0.4, 0.5) is 8.78 Å². The summed E-state index contributed by atoms with van der Waals surface area (Å²) in [6.45, 7) is 1.39. The van der Waals surface area contributed by atoms with Gasteiger partial charge in [0.2, 0.25) is 0 Å². The first-order valence-electron chi connectivity index (χ1n) is 6.90. The molecule has 0 bridgehead atoms. The third-order valence-electron chi connectivity index (χ3n) is 3.99. The summed E-state index contributed by atoms with van der Waals surface area (Å²) in [6.07, 6.45) is 4.91. The lowest BCUT2D eigenvalue weighted by atomic mass is 9.87. The van der Waals surface area contributed by atoms with E-state index in [-0.39, 0.29) is 11.6 Å². The lowest BCUT2D eigenvalue weighted by molar-refractivity contribution is -0.145. The third-order valence-corrected chi connectivity index (χ3v) is 3.99. The molecule has 110 valence electrons. The van der Waals surface area contributed by atoms with Crippen molar-refractivity contribution in [2.24, 2.45) is 0 Å². The second-order valence-electron chi connectivity index (χ2n) is 5.53. The van der Waals surface area contributed by atoms with E-state index in [1.54, 1.807) is 0 Å². The van der Waals surface area contributed by atoms with E-state index in [1.807, 2.05) is 0 Å². The minimum Gasteiger partial charge on any atom is -0.480 e. The average molecular weight is 283 g/mol. The van der Waals surface area contributed by atoms with Crippen LogP contribution in [-0.2, 0) is 10.3 Å². The number of nitrogens with one attached hydrogen (secondary N) is 1. The lowest BCUT2D eigenvalue weighted by Crippen LogP contribution is -2.52. The zero-order valence-electron chi connectivity index (χ0n) is 11.5. The molecule has 0 radical (unpaired) electrons. The average Bonchev–Trinajstić information content (AvgIpc) is 2.42. The zero-order chi connectivity index (χ0) is 14.8. The Morgan fingerprint density at radius 1 is 1.30 bits per heavy atom. The van der Waals surface area contributed by atoms with Crippen LogP contribution < -0.4 is 5.32 Å². The maximum Gasteiger partial charge on any atom is 0.328 e. The Morgan fingerprint density at radius 3 is 2.55 bits per heavy atom. The minimum absolute atomic E-state index is 0.0208. The standard InChI is InChI=1S/C15H19F2NO2/c1-15(14(19)20,18-11-5-3-2-4-6-11)12-9-10(16)7-8-13(12)17/h7-9,11,18H,2-6H2,1H3,(H,19,20). The molecule has 1 saturated carbocycles. The normalized spacial score (nSPS) is 19.6. The molecule has 1 aromatic rings. The highest BCUT2D eigenvalue weighted by molar-refractivity contribution is 5.80. The summed E-state index contributed by atoms with van der Waals surface area (Å²) in [5, 5.41) is 12.5. The monoisotopic (exact) mass is 283 g/mol. The number of aliphatic carboxylic acids is 1. The van der Waals surface area contributed by atoms with Gasteiger partial charge in [-0.1, -0.05) is 19.3 Å². The first-order chi connectivity index (χ1) is 9.43. The summed E-state index contributed by atoms with van der Waals surface area (Å²) < 4.78 is 27.2. The highest BCUT2D eigenvalue weighted by Crippen LogP contribution is 2.28. The molecule has 1 fully saturated rings. The molecular formula is C15H19F2NO2. The number of hydrogen-bond acceptors (Lipinski definition) is 2. The van der Waals surface area contributed by atoms with Crippen LogP contribution in [0.25, 0.3) is 0 Å². The molecule has 20 heavy (non-hydrogen) atoms. The van der Waals surface area contributed by atoms with Crippen LogP contribution >= 0.6 is 0 Å². The molecule has 2 N–H and O–H groups in total. The summed E-state index contributed by atoms with van der Waals surface area (Å²) in [5.41, 5.74) is -1.77. The molecule has 5 heteroatoms. The van der Waals surface area contributed by atoms with Gasteiger partial charge < -0.3 is 5.11 Å². The highest BCUT2D eigenvalue weighted by atomic mass is 19.1. The number of rotatable bonds is 4. The molecule has 1 aromatic carbocycles. The molecule has 1 aliphatic carbocycles. The number of carboxylic acid groups (broad SMARTS) is 1. The Balaban J connectivity index is 2.32. The second kappa shape index (κ2) is 5.87. The van der Waals surface area contributed by atoms with E-state index in [9.17, 15) is 18.7 Å². The summed E-state index contributed by atoms with van der Waals surface area (Å²) in [4.78, 5) is 11.6. The Morgan fingerprint density at radius 2 is 1.95 bits per heavy atom. The fourth-order valence-corrected chi connectivity index (χ4v) is 2.79. The molecule has 1 atom stereocenters. The van der Waals surface area contributed by atoms with Gasteiger partial charge in [0.25, 0.3) is 0 Å². The van der Waals surface area contributed by atoms with Crippen LogP contribution in [0.5, 0.6) is 0 Å². The van der Waals surface area contributed by atoms with Crippen molar-refractivity contribution in [1.29, 1.82) is 0 Å². The second-order valence-corrected chi connectivity index (χ2v) is 5.53. The van der Waals surface area contributed by atoms with E-state index in [2.05, 4.69) is 5.32 Å². The summed E-state index contributed by atoms with van der Waals surface area (Å²) in [5.74, 6) is -2.55. The molecule has 0 amide bonds. The number of hydrogen-bond donors (Lipinski definition) is 2. The van der Waals surface area contributed by atoms with Crippen LogP contribution in [0.2, 0.25) is 0 Å². The van der Waals surface area contributed by atoms with E-state index >= 15 is 0 Å². The van der Waals surface area contributed by atoms with Crippen molar-refractivity contribution in [1.82, 2.24) is 5.32 Å². The van der Waals surface area contributed by atoms with Crippen molar-refractivity contribution in [3.63, 3.8) is 0 Å². The fourth-order valence-electron chi connectivity index (χ4n) is 2.79. The Labute approximate surface area is 117 Å². The van der Waals surface area contributed by atoms with Gasteiger partial charge >= 0.3 is 5.97 Å². The Bertz CT molecular complexity index is 501. The van der Waals surface area contributed by atoms with Gasteiger partial charge in [0.1, 0.15) is 17.2 Å². The summed E-state index contributed by atoms with van der Waals surface area (Å²) >= 11 is 0. The van der Waals surface area contributed by atoms with E-state index in [1.165, 1.54) is 6.92 Å². The summed E-state index contributed by atoms with van der Waals surface area (Å²) in [6, 6.07) is 2.93. The van der Waals surface area contributed by atoms with Gasteiger partial charge in [-0.25, -0.2) is 13.6 Å². The van der Waals surface area contributed by atoms with Gasteiger partial charge in [-0.3, -0.25) is 5.32 Å². The SMILES string of the molecule is CC(NC1CCCCC1)(C(=O)O)c1cc(F)ccc1F. The molecule has 0 spiro atoms. The molecule has 1 unspecified atom stereocenters. The van der Waals surface area contributed by atoms with Gasteiger partial charge in [-0.15, -0.1) is 0 Å². The quantitative estimate of drug-likeness (QED) is 0.892. The van der Waals surface area contributed by atoms with Crippen molar-refractivity contribution < 1.29 is 18.7 Å². The maximum absolute atomic E-state index is 13.9. The Kier molecular flexibility index (Phi) is 4.38. The Hall–Kier alpha value is -1.49. The highest BCUT2D eigenvalue weighted by Gasteiger charge is 2.39. The number of halogens is 2. The van der Waals surface area contributed by atoms with E-state index < -0.39 is 23.1 Å². The van der Waals surface area contributed by atoms with Crippen molar-refractivity contribution in [2.45, 2.75) is 50.6 Å². The first kappa shape index (κ1) is 14.9. The van der Waals surface area contributed by atoms with Gasteiger partial charge in [-0.05, 0) is 38.0 Å². The molecule has 2 rings (SSSR count). The molecular weight excluding hydrogens is 264 g/mol. The minimum atomic E-state index is -1.62. The molecule has 3 nitrogen and oxygen atoms in total. The van der Waals surface area contributed by atoms with Crippen molar-refractivity contribution in [3.8, 4) is 0 Å². The maximum atomic E-state index is 13.9. The van der Waals surface area contributed by atoms with Crippen LogP contribution in [0.3, 0.4) is 0 Å². The van der Waals surface area contributed by atoms with Crippen LogP contribution in [0.1, 0.15) is 44.6 Å². The fraction of sp³-hybridized carbons (Fsp3) is 0.533. The number of carbonyl (C=O) groups is 1. The van der Waals surface area contributed by atoms with Crippen LogP contribution in [0, 0.1) is 11.6 Å². The molecule has 1 aliphatic rings. The zero-order valence-corrected chi connectivity index (χ0v) is 11.5. The van der Waals surface area contributed by atoms with Crippen molar-refractivity contribution >= 4 is 5.97 Å². The molecule has 0 aliphatic heterocycles. The van der Waals surface area contributed by atoms with E-state index in [0.717, 1.165) is 50.3 Å². The van der Waals surface area contributed by atoms with E-state index in [0.29, 0.717) is 0 Å².